The Balaban J connectivity index is 2.83. The number of carbonyl (C=O) groups excluding carboxylic acids is 1. The molecule has 0 atom stereocenters. The molecule has 52 valence electrons. The topological polar surface area (TPSA) is 52.3 Å². The van der Waals surface area contributed by atoms with E-state index in [1.807, 2.05) is 0 Å². The number of amides is 1. The second-order valence-corrected chi connectivity index (χ2v) is 2.87. The van der Waals surface area contributed by atoms with Crippen LogP contribution in [0.5, 0.6) is 0 Å². The van der Waals surface area contributed by atoms with E-state index in [9.17, 15) is 4.79 Å². The van der Waals surface area contributed by atoms with Gasteiger partial charge < -0.3 is 10.2 Å². The largest absolute Gasteiger partial charge is 0.421 e. The van der Waals surface area contributed by atoms with Crippen molar-refractivity contribution in [3.05, 3.63) is 0 Å². The quantitative estimate of drug-likeness (QED) is 0.435. The molecule has 3 nitrogen and oxygen atoms in total. The zero-order valence-corrected chi connectivity index (χ0v) is 6.52. The summed E-state index contributed by atoms with van der Waals surface area (Å²) >= 11 is 0. The Hall–Kier alpha value is -0.353. The van der Waals surface area contributed by atoms with Crippen LogP contribution in [0.2, 0.25) is 6.04 Å². The number of hydrogen-bond donors (Lipinski definition) is 1. The third-order valence-corrected chi connectivity index (χ3v) is 1.69. The van der Waals surface area contributed by atoms with Gasteiger partial charge in [-0.15, -0.1) is 0 Å². The molecule has 2 N–H and O–H groups in total. The Morgan fingerprint density at radius 2 is 2.44 bits per heavy atom. The van der Waals surface area contributed by atoms with E-state index in [0.29, 0.717) is 16.2 Å². The monoisotopic (exact) mass is 145 g/mol. The molecular formula is C5H11NO2Si. The van der Waals surface area contributed by atoms with Crippen molar-refractivity contribution < 1.29 is 9.22 Å². The first-order chi connectivity index (χ1) is 4.27. The standard InChI is InChI=1S/C5H11NO2Si/c1-8-9-4-2-3-5(6)7/h2-4H2,1H3,(H2,6,7). The van der Waals surface area contributed by atoms with Crippen LogP contribution in [0, 0.1) is 0 Å². The Morgan fingerprint density at radius 1 is 1.78 bits per heavy atom. The maximum atomic E-state index is 10.1. The zero-order chi connectivity index (χ0) is 7.11. The summed E-state index contributed by atoms with van der Waals surface area (Å²) in [7, 11) is 2.16. The lowest BCUT2D eigenvalue weighted by molar-refractivity contribution is -0.118. The van der Waals surface area contributed by atoms with Crippen LogP contribution >= 0.6 is 0 Å². The van der Waals surface area contributed by atoms with Gasteiger partial charge in [-0.05, 0) is 12.5 Å². The Bertz CT molecular complexity index is 87.0. The fourth-order valence-electron chi connectivity index (χ4n) is 0.437. The maximum absolute atomic E-state index is 10.1. The average Bonchev–Trinajstić information content (AvgIpc) is 1.80. The summed E-state index contributed by atoms with van der Waals surface area (Å²) in [4.78, 5) is 10.1. The fourth-order valence-corrected chi connectivity index (χ4v) is 0.962. The molecule has 0 fully saturated rings. The molecule has 2 radical (unpaired) electrons. The first-order valence-electron chi connectivity index (χ1n) is 2.81. The summed E-state index contributed by atoms with van der Waals surface area (Å²) in [5.74, 6) is -0.226. The third kappa shape index (κ3) is 7.65. The average molecular weight is 145 g/mol. The molecule has 0 heterocycles. The second kappa shape index (κ2) is 5.78. The van der Waals surface area contributed by atoms with Crippen molar-refractivity contribution in [2.75, 3.05) is 7.11 Å². The van der Waals surface area contributed by atoms with E-state index >= 15 is 0 Å². The van der Waals surface area contributed by atoms with Gasteiger partial charge in [0.25, 0.3) is 0 Å². The highest BCUT2D eigenvalue weighted by atomic mass is 28.2. The molecule has 1 amide bonds. The van der Waals surface area contributed by atoms with Gasteiger partial charge in [0.15, 0.2) is 0 Å². The van der Waals surface area contributed by atoms with Crippen molar-refractivity contribution in [1.29, 1.82) is 0 Å². The van der Waals surface area contributed by atoms with Crippen molar-refractivity contribution in [1.82, 2.24) is 0 Å². The smallest absolute Gasteiger partial charge is 0.229 e. The molecule has 0 aromatic heterocycles. The molecule has 0 saturated heterocycles. The van der Waals surface area contributed by atoms with Gasteiger partial charge in [-0.3, -0.25) is 4.79 Å². The minimum absolute atomic E-state index is 0.226. The van der Waals surface area contributed by atoms with Crippen LogP contribution < -0.4 is 5.73 Å². The number of nitrogens with two attached hydrogens (primary N) is 1. The molecule has 9 heavy (non-hydrogen) atoms. The predicted molar refractivity (Wildman–Crippen MR) is 36.0 cm³/mol. The van der Waals surface area contributed by atoms with E-state index < -0.39 is 0 Å². The van der Waals surface area contributed by atoms with Crippen LogP contribution in [0.3, 0.4) is 0 Å². The van der Waals surface area contributed by atoms with Gasteiger partial charge in [-0.1, -0.05) is 0 Å². The van der Waals surface area contributed by atoms with Crippen molar-refractivity contribution in [3.63, 3.8) is 0 Å². The molecule has 0 unspecified atom stereocenters. The highest BCUT2D eigenvalue weighted by Gasteiger charge is 1.93. The number of rotatable bonds is 5. The molecular weight excluding hydrogens is 134 g/mol. The van der Waals surface area contributed by atoms with Gasteiger partial charge in [0.05, 0.1) is 0 Å². The van der Waals surface area contributed by atoms with Gasteiger partial charge in [-0.25, -0.2) is 0 Å². The lowest BCUT2D eigenvalue weighted by Gasteiger charge is -1.92. The Labute approximate surface area is 57.5 Å². The second-order valence-electron chi connectivity index (χ2n) is 1.67. The van der Waals surface area contributed by atoms with Gasteiger partial charge in [0, 0.05) is 13.5 Å². The van der Waals surface area contributed by atoms with Crippen LogP contribution in [-0.4, -0.2) is 22.8 Å². The number of hydrogen-bond acceptors (Lipinski definition) is 2. The van der Waals surface area contributed by atoms with Gasteiger partial charge in [0.2, 0.25) is 15.7 Å². The maximum Gasteiger partial charge on any atom is 0.229 e. The fraction of sp³-hybridized carbons (Fsp3) is 0.800. The summed E-state index contributed by atoms with van der Waals surface area (Å²) in [5, 5.41) is 0. The molecule has 0 saturated carbocycles. The summed E-state index contributed by atoms with van der Waals surface area (Å²) in [6.07, 6.45) is 1.33. The SMILES string of the molecule is CO[Si]CCCC(N)=O. The first-order valence-corrected chi connectivity index (χ1v) is 3.93. The van der Waals surface area contributed by atoms with E-state index in [2.05, 4.69) is 0 Å². The minimum Gasteiger partial charge on any atom is -0.421 e. The zero-order valence-electron chi connectivity index (χ0n) is 5.52. The van der Waals surface area contributed by atoms with E-state index in [4.69, 9.17) is 10.2 Å². The van der Waals surface area contributed by atoms with Gasteiger partial charge in [-0.2, -0.15) is 0 Å². The molecule has 0 aliphatic heterocycles. The summed E-state index contributed by atoms with van der Waals surface area (Å²) in [6.45, 7) is 0. The molecule has 4 heteroatoms. The molecule has 0 spiro atoms. The van der Waals surface area contributed by atoms with E-state index in [-0.39, 0.29) is 5.91 Å². The molecule has 0 rings (SSSR count). The van der Waals surface area contributed by atoms with Crippen LogP contribution in [0.25, 0.3) is 0 Å². The molecule has 0 aliphatic rings. The molecule has 0 aliphatic carbocycles. The molecule has 0 bridgehead atoms. The minimum atomic E-state index is -0.226. The number of primary amides is 1. The summed E-state index contributed by atoms with van der Waals surface area (Å²) in [6, 6.07) is 0.944. The predicted octanol–water partition coefficient (Wildman–Crippen LogP) is -0.0642. The van der Waals surface area contributed by atoms with Crippen LogP contribution in [0.1, 0.15) is 12.8 Å². The van der Waals surface area contributed by atoms with Crippen LogP contribution in [0.15, 0.2) is 0 Å². The van der Waals surface area contributed by atoms with Gasteiger partial charge in [0.1, 0.15) is 0 Å². The Morgan fingerprint density at radius 3 is 2.89 bits per heavy atom. The van der Waals surface area contributed by atoms with Crippen molar-refractivity contribution >= 4 is 15.7 Å². The van der Waals surface area contributed by atoms with Crippen LogP contribution in [0.4, 0.5) is 0 Å². The van der Waals surface area contributed by atoms with E-state index in [0.717, 1.165) is 12.5 Å². The highest BCUT2D eigenvalue weighted by Crippen LogP contribution is 1.92. The number of carbonyl (C=O) groups is 1. The van der Waals surface area contributed by atoms with Gasteiger partial charge >= 0.3 is 0 Å². The first kappa shape index (κ1) is 8.65. The molecule has 0 aromatic rings. The lowest BCUT2D eigenvalue weighted by atomic mass is 10.3. The third-order valence-electron chi connectivity index (χ3n) is 0.846. The van der Waals surface area contributed by atoms with E-state index in [1.165, 1.54) is 0 Å². The Kier molecular flexibility index (Phi) is 5.55. The lowest BCUT2D eigenvalue weighted by Crippen LogP contribution is -2.10. The van der Waals surface area contributed by atoms with Crippen molar-refractivity contribution in [2.24, 2.45) is 5.73 Å². The van der Waals surface area contributed by atoms with Crippen molar-refractivity contribution in [3.8, 4) is 0 Å². The summed E-state index contributed by atoms with van der Waals surface area (Å²) < 4.78 is 4.80. The van der Waals surface area contributed by atoms with Crippen molar-refractivity contribution in [2.45, 2.75) is 18.9 Å². The van der Waals surface area contributed by atoms with E-state index in [1.54, 1.807) is 7.11 Å². The summed E-state index contributed by atoms with van der Waals surface area (Å²) in [5.41, 5.74) is 4.90. The van der Waals surface area contributed by atoms with Crippen LogP contribution in [-0.2, 0) is 9.22 Å². The highest BCUT2D eigenvalue weighted by molar-refractivity contribution is 6.26. The normalized spacial score (nSPS) is 9.44. The molecule has 0 aromatic carbocycles.